The Hall–Kier alpha value is -3.02. The second-order valence-corrected chi connectivity index (χ2v) is 6.91. The van der Waals surface area contributed by atoms with Gasteiger partial charge in [-0.05, 0) is 43.5 Å². The van der Waals surface area contributed by atoms with Gasteiger partial charge in [-0.3, -0.25) is 9.59 Å². The summed E-state index contributed by atoms with van der Waals surface area (Å²) in [5.74, 6) is 0.749. The number of ether oxygens (including phenoxy) is 2. The summed E-state index contributed by atoms with van der Waals surface area (Å²) in [6.45, 7) is 3.01. The Bertz CT molecular complexity index is 835. The Morgan fingerprint density at radius 1 is 0.964 bits per heavy atom. The molecule has 0 spiro atoms. The summed E-state index contributed by atoms with van der Waals surface area (Å²) in [4.78, 5) is 27.4. The van der Waals surface area contributed by atoms with Crippen LogP contribution in [0.4, 0.5) is 5.69 Å². The highest BCUT2D eigenvalue weighted by Gasteiger charge is 2.30. The van der Waals surface area contributed by atoms with Crippen molar-refractivity contribution in [2.45, 2.75) is 19.8 Å². The summed E-state index contributed by atoms with van der Waals surface area (Å²) in [6.07, 6.45) is 1.25. The number of carbonyl (C=O) groups excluding carboxylic acids is 2. The summed E-state index contributed by atoms with van der Waals surface area (Å²) in [6, 6.07) is 13.0. The number of carbonyl (C=O) groups is 2. The van der Waals surface area contributed by atoms with Gasteiger partial charge in [-0.2, -0.15) is 0 Å². The molecule has 6 nitrogen and oxygen atoms in total. The number of para-hydroxylation sites is 1. The number of piperidine rings is 1. The number of likely N-dealkylation sites (tertiary alicyclic amines) is 1. The molecule has 6 heteroatoms. The van der Waals surface area contributed by atoms with E-state index in [0.717, 1.165) is 11.3 Å². The van der Waals surface area contributed by atoms with Gasteiger partial charge < -0.3 is 19.7 Å². The van der Waals surface area contributed by atoms with Crippen LogP contribution < -0.4 is 14.8 Å². The van der Waals surface area contributed by atoms with Crippen LogP contribution in [0.1, 0.15) is 28.8 Å². The molecule has 3 rings (SSSR count). The average molecular weight is 382 g/mol. The molecule has 2 aromatic carbocycles. The largest absolute Gasteiger partial charge is 0.496 e. The molecule has 1 heterocycles. The number of methoxy groups -OCH3 is 2. The van der Waals surface area contributed by atoms with Crippen LogP contribution in [0, 0.1) is 12.8 Å². The lowest BCUT2D eigenvalue weighted by molar-refractivity contribution is -0.121. The molecule has 2 amide bonds. The van der Waals surface area contributed by atoms with E-state index in [9.17, 15) is 9.59 Å². The summed E-state index contributed by atoms with van der Waals surface area (Å²) in [7, 11) is 3.07. The minimum Gasteiger partial charge on any atom is -0.496 e. The van der Waals surface area contributed by atoms with Crippen molar-refractivity contribution in [1.82, 2.24) is 4.90 Å². The fourth-order valence-corrected chi connectivity index (χ4v) is 3.51. The van der Waals surface area contributed by atoms with E-state index in [4.69, 9.17) is 9.47 Å². The Labute approximate surface area is 165 Å². The van der Waals surface area contributed by atoms with Gasteiger partial charge in [0.05, 0.1) is 14.2 Å². The smallest absolute Gasteiger partial charge is 0.261 e. The molecule has 0 unspecified atom stereocenters. The minimum atomic E-state index is -0.132. The molecule has 1 fully saturated rings. The quantitative estimate of drug-likeness (QED) is 0.859. The third kappa shape index (κ3) is 4.11. The summed E-state index contributed by atoms with van der Waals surface area (Å²) >= 11 is 0. The Balaban J connectivity index is 1.65. The Kier molecular flexibility index (Phi) is 6.19. The van der Waals surface area contributed by atoms with Gasteiger partial charge in [-0.25, -0.2) is 0 Å². The van der Waals surface area contributed by atoms with Crippen molar-refractivity contribution in [3.05, 3.63) is 53.6 Å². The first-order chi connectivity index (χ1) is 13.5. The summed E-state index contributed by atoms with van der Waals surface area (Å²) in [5.41, 5.74) is 2.30. The predicted molar refractivity (Wildman–Crippen MR) is 108 cm³/mol. The van der Waals surface area contributed by atoms with Crippen LogP contribution in [0.25, 0.3) is 0 Å². The van der Waals surface area contributed by atoms with Gasteiger partial charge in [0.15, 0.2) is 0 Å². The molecule has 148 valence electrons. The molecule has 1 N–H and O–H groups in total. The van der Waals surface area contributed by atoms with Crippen molar-refractivity contribution in [3.63, 3.8) is 0 Å². The molecule has 0 atom stereocenters. The maximum atomic E-state index is 13.0. The molecule has 1 aliphatic rings. The van der Waals surface area contributed by atoms with E-state index in [0.29, 0.717) is 43.0 Å². The molecule has 0 aromatic heterocycles. The molecule has 1 saturated heterocycles. The first kappa shape index (κ1) is 19.7. The summed E-state index contributed by atoms with van der Waals surface area (Å²) < 4.78 is 10.7. The lowest BCUT2D eigenvalue weighted by atomic mass is 9.95. The number of nitrogens with zero attached hydrogens (tertiary/aromatic N) is 1. The number of amides is 2. The SMILES string of the molecule is COc1cccc(OC)c1C(=O)N1CCC(C(=O)Nc2ccccc2C)CC1. The summed E-state index contributed by atoms with van der Waals surface area (Å²) in [5, 5.41) is 3.01. The zero-order chi connectivity index (χ0) is 20.1. The first-order valence-electron chi connectivity index (χ1n) is 9.42. The van der Waals surface area contributed by atoms with Gasteiger partial charge in [-0.15, -0.1) is 0 Å². The van der Waals surface area contributed by atoms with E-state index in [1.54, 1.807) is 23.1 Å². The maximum absolute atomic E-state index is 13.0. The lowest BCUT2D eigenvalue weighted by Crippen LogP contribution is -2.41. The standard InChI is InChI=1S/C22H26N2O4/c1-15-7-4-5-8-17(15)23-21(25)16-11-13-24(14-12-16)22(26)20-18(27-2)9-6-10-19(20)28-3/h4-10,16H,11-14H2,1-3H3,(H,23,25). The molecule has 2 aromatic rings. The topological polar surface area (TPSA) is 67.9 Å². The molecular weight excluding hydrogens is 356 g/mol. The second-order valence-electron chi connectivity index (χ2n) is 6.91. The van der Waals surface area contributed by atoms with Gasteiger partial charge in [0.1, 0.15) is 17.1 Å². The van der Waals surface area contributed by atoms with E-state index in [1.807, 2.05) is 31.2 Å². The van der Waals surface area contributed by atoms with Crippen LogP contribution in [-0.4, -0.2) is 44.0 Å². The van der Waals surface area contributed by atoms with E-state index in [1.165, 1.54) is 14.2 Å². The Morgan fingerprint density at radius 3 is 2.14 bits per heavy atom. The van der Waals surface area contributed by atoms with Crippen LogP contribution in [-0.2, 0) is 4.79 Å². The fraction of sp³-hybridized carbons (Fsp3) is 0.364. The van der Waals surface area contributed by atoms with Crippen LogP contribution in [0.5, 0.6) is 11.5 Å². The number of rotatable bonds is 5. The third-order valence-electron chi connectivity index (χ3n) is 5.20. The molecular formula is C22H26N2O4. The number of aryl methyl sites for hydroxylation is 1. The van der Waals surface area contributed by atoms with Gasteiger partial charge >= 0.3 is 0 Å². The monoisotopic (exact) mass is 382 g/mol. The van der Waals surface area contributed by atoms with E-state index >= 15 is 0 Å². The highest BCUT2D eigenvalue weighted by molar-refractivity contribution is 6.00. The molecule has 0 radical (unpaired) electrons. The predicted octanol–water partition coefficient (Wildman–Crippen LogP) is 3.50. The number of nitrogens with one attached hydrogen (secondary N) is 1. The average Bonchev–Trinajstić information content (AvgIpc) is 2.74. The first-order valence-corrected chi connectivity index (χ1v) is 9.42. The van der Waals surface area contributed by atoms with Crippen LogP contribution >= 0.6 is 0 Å². The number of hydrogen-bond acceptors (Lipinski definition) is 4. The zero-order valence-electron chi connectivity index (χ0n) is 16.5. The normalized spacial score (nSPS) is 14.5. The number of anilines is 1. The third-order valence-corrected chi connectivity index (χ3v) is 5.20. The minimum absolute atomic E-state index is 0.0104. The number of hydrogen-bond donors (Lipinski definition) is 1. The fourth-order valence-electron chi connectivity index (χ4n) is 3.51. The van der Waals surface area contributed by atoms with Crippen LogP contribution in [0.3, 0.4) is 0 Å². The van der Waals surface area contributed by atoms with Crippen molar-refractivity contribution >= 4 is 17.5 Å². The molecule has 0 aliphatic carbocycles. The van der Waals surface area contributed by atoms with Crippen molar-refractivity contribution in [2.75, 3.05) is 32.6 Å². The van der Waals surface area contributed by atoms with Crippen molar-refractivity contribution in [1.29, 1.82) is 0 Å². The molecule has 1 aliphatic heterocycles. The van der Waals surface area contributed by atoms with Crippen LogP contribution in [0.15, 0.2) is 42.5 Å². The highest BCUT2D eigenvalue weighted by Crippen LogP contribution is 2.31. The number of benzene rings is 2. The van der Waals surface area contributed by atoms with E-state index in [-0.39, 0.29) is 17.7 Å². The maximum Gasteiger partial charge on any atom is 0.261 e. The van der Waals surface area contributed by atoms with Crippen molar-refractivity contribution < 1.29 is 19.1 Å². The Morgan fingerprint density at radius 2 is 1.57 bits per heavy atom. The van der Waals surface area contributed by atoms with E-state index in [2.05, 4.69) is 5.32 Å². The van der Waals surface area contributed by atoms with Crippen LogP contribution in [0.2, 0.25) is 0 Å². The molecule has 0 saturated carbocycles. The molecule has 28 heavy (non-hydrogen) atoms. The van der Waals surface area contributed by atoms with Gasteiger partial charge in [-0.1, -0.05) is 24.3 Å². The second kappa shape index (κ2) is 8.78. The molecule has 0 bridgehead atoms. The van der Waals surface area contributed by atoms with Crippen molar-refractivity contribution in [3.8, 4) is 11.5 Å². The van der Waals surface area contributed by atoms with Crippen molar-refractivity contribution in [2.24, 2.45) is 5.92 Å². The van der Waals surface area contributed by atoms with Gasteiger partial charge in [0, 0.05) is 24.7 Å². The van der Waals surface area contributed by atoms with Gasteiger partial charge in [0.25, 0.3) is 5.91 Å². The van der Waals surface area contributed by atoms with Gasteiger partial charge in [0.2, 0.25) is 5.91 Å². The van der Waals surface area contributed by atoms with E-state index < -0.39 is 0 Å². The zero-order valence-corrected chi connectivity index (χ0v) is 16.5. The lowest BCUT2D eigenvalue weighted by Gasteiger charge is -2.32. The highest BCUT2D eigenvalue weighted by atomic mass is 16.5.